The van der Waals surface area contributed by atoms with Gasteiger partial charge in [0.2, 0.25) is 0 Å². The van der Waals surface area contributed by atoms with Crippen molar-refractivity contribution in [3.63, 3.8) is 0 Å². The summed E-state index contributed by atoms with van der Waals surface area (Å²) in [7, 11) is -3.66. The Hall–Kier alpha value is -0.770. The Morgan fingerprint density at radius 3 is 2.20 bits per heavy atom. The fourth-order valence-corrected chi connectivity index (χ4v) is 10.9. The van der Waals surface area contributed by atoms with Gasteiger partial charge < -0.3 is 5.11 Å². The molecule has 0 heterocycles. The Bertz CT molecular complexity index is 1030. The molecule has 0 amide bonds. The summed E-state index contributed by atoms with van der Waals surface area (Å²) in [6, 6.07) is 0. The summed E-state index contributed by atoms with van der Waals surface area (Å²) < 4.78 is 87.2. The minimum atomic E-state index is -5.65. The van der Waals surface area contributed by atoms with Gasteiger partial charge in [-0.1, -0.05) is 46.0 Å². The van der Waals surface area contributed by atoms with Gasteiger partial charge in [-0.15, -0.1) is 0 Å². The van der Waals surface area contributed by atoms with E-state index >= 15 is 0 Å². The van der Waals surface area contributed by atoms with E-state index in [0.29, 0.717) is 61.1 Å². The number of aliphatic hydroxyl groups is 1. The highest BCUT2D eigenvalue weighted by Crippen LogP contribution is 2.67. The molecule has 0 radical (unpaired) electrons. The number of sulfone groups is 1. The van der Waals surface area contributed by atoms with Crippen LogP contribution in [-0.2, 0) is 14.6 Å². The highest BCUT2D eigenvalue weighted by molar-refractivity contribution is 7.91. The highest BCUT2D eigenvalue weighted by atomic mass is 32.2. The molecule has 0 saturated heterocycles. The molecule has 8 atom stereocenters. The van der Waals surface area contributed by atoms with E-state index in [4.69, 9.17) is 0 Å². The number of hydrogen-bond acceptors (Lipinski definition) is 4. The summed E-state index contributed by atoms with van der Waals surface area (Å²) in [4.78, 5) is 12.4. The van der Waals surface area contributed by atoms with Crippen molar-refractivity contribution in [2.75, 3.05) is 11.5 Å². The van der Waals surface area contributed by atoms with Crippen molar-refractivity contribution in [1.82, 2.24) is 0 Å². The third-order valence-electron chi connectivity index (χ3n) is 12.0. The van der Waals surface area contributed by atoms with Gasteiger partial charge in [-0.25, -0.2) is 8.42 Å². The third-order valence-corrected chi connectivity index (χ3v) is 13.8. The van der Waals surface area contributed by atoms with Gasteiger partial charge in [0, 0.05) is 19.3 Å². The first-order valence-corrected chi connectivity index (χ1v) is 17.7. The van der Waals surface area contributed by atoms with Crippen LogP contribution in [0.15, 0.2) is 0 Å². The number of alkyl halides is 5. The van der Waals surface area contributed by atoms with Crippen molar-refractivity contribution in [2.45, 2.75) is 135 Å². The highest BCUT2D eigenvalue weighted by Gasteiger charge is 2.62. The molecule has 4 nitrogen and oxygen atoms in total. The van der Waals surface area contributed by atoms with Crippen molar-refractivity contribution >= 4 is 15.6 Å². The second kappa shape index (κ2) is 12.3. The van der Waals surface area contributed by atoms with Crippen LogP contribution < -0.4 is 0 Å². The van der Waals surface area contributed by atoms with Crippen molar-refractivity contribution in [1.29, 1.82) is 0 Å². The molecular formula is C31H49F5O4S. The molecular weight excluding hydrogens is 563 g/mol. The maximum Gasteiger partial charge on any atom is 0.453 e. The van der Waals surface area contributed by atoms with E-state index in [-0.39, 0.29) is 22.7 Å². The number of carbonyl (C=O) groups excluding carboxylic acids is 1. The zero-order valence-electron chi connectivity index (χ0n) is 24.7. The van der Waals surface area contributed by atoms with E-state index in [9.17, 15) is 40.3 Å². The predicted molar refractivity (Wildman–Crippen MR) is 148 cm³/mol. The summed E-state index contributed by atoms with van der Waals surface area (Å²) in [6.07, 6.45) is 4.49. The number of rotatable bonds is 12. The number of unbranched alkanes of at least 4 members (excludes halogenated alkanes) is 4. The molecule has 4 saturated carbocycles. The van der Waals surface area contributed by atoms with Crippen LogP contribution in [0.2, 0.25) is 0 Å². The Balaban J connectivity index is 1.24. The molecule has 41 heavy (non-hydrogen) atoms. The number of Topliss-reactive ketones (excluding diaryl/α,β-unsaturated/α-hetero) is 1. The summed E-state index contributed by atoms with van der Waals surface area (Å²) in [5.74, 6) is -2.63. The van der Waals surface area contributed by atoms with E-state index in [1.54, 1.807) is 0 Å². The van der Waals surface area contributed by atoms with Gasteiger partial charge in [-0.3, -0.25) is 4.79 Å². The standard InChI is InChI=1S/C31H49F5O4S/c1-28-15-12-23(37)20-22(28)19-21(27-24-10-11-26(38)29(24,2)16-13-25(27)28)9-6-4-3-5-7-17-41(39,40)18-8-14-30(32,33)31(34,35)36/h21-22,24-27,38H,3-20H2,1-2H3/t21?,22?,24-,25+,26?,27-,28-,29-/m0/s1. The average molecular weight is 613 g/mol. The molecule has 4 aliphatic rings. The number of ketones is 1. The van der Waals surface area contributed by atoms with E-state index in [0.717, 1.165) is 64.2 Å². The van der Waals surface area contributed by atoms with Crippen LogP contribution in [0.5, 0.6) is 0 Å². The quantitative estimate of drug-likeness (QED) is 0.180. The molecule has 0 aromatic rings. The maximum atomic E-state index is 13.0. The fraction of sp³-hybridized carbons (Fsp3) is 0.968. The lowest BCUT2D eigenvalue weighted by Crippen LogP contribution is -2.57. The van der Waals surface area contributed by atoms with E-state index in [2.05, 4.69) is 13.8 Å². The molecule has 3 unspecified atom stereocenters. The third kappa shape index (κ3) is 6.99. The Morgan fingerprint density at radius 1 is 0.854 bits per heavy atom. The number of hydrogen-bond donors (Lipinski definition) is 1. The van der Waals surface area contributed by atoms with Gasteiger partial charge in [0.1, 0.15) is 15.6 Å². The lowest BCUT2D eigenvalue weighted by Gasteiger charge is -2.62. The van der Waals surface area contributed by atoms with E-state index in [1.807, 2.05) is 0 Å². The van der Waals surface area contributed by atoms with Crippen molar-refractivity contribution in [3.8, 4) is 0 Å². The van der Waals surface area contributed by atoms with Gasteiger partial charge in [0.05, 0.1) is 17.6 Å². The zero-order valence-corrected chi connectivity index (χ0v) is 25.5. The van der Waals surface area contributed by atoms with Gasteiger partial charge in [-0.2, -0.15) is 22.0 Å². The van der Waals surface area contributed by atoms with Crippen LogP contribution in [0.25, 0.3) is 0 Å². The van der Waals surface area contributed by atoms with Crippen LogP contribution in [0.4, 0.5) is 22.0 Å². The average Bonchev–Trinajstić information content (AvgIpc) is 3.17. The van der Waals surface area contributed by atoms with E-state index < -0.39 is 40.5 Å². The number of fused-ring (bicyclic) bond motifs is 5. The van der Waals surface area contributed by atoms with Gasteiger partial charge in [-0.05, 0) is 91.8 Å². The molecule has 0 bridgehead atoms. The van der Waals surface area contributed by atoms with Crippen molar-refractivity contribution in [3.05, 3.63) is 0 Å². The smallest absolute Gasteiger partial charge is 0.393 e. The zero-order chi connectivity index (χ0) is 30.3. The van der Waals surface area contributed by atoms with E-state index in [1.165, 1.54) is 0 Å². The Labute approximate surface area is 242 Å². The molecule has 0 aromatic carbocycles. The minimum absolute atomic E-state index is 0.0127. The first kappa shape index (κ1) is 33.1. The number of aliphatic hydroxyl groups excluding tert-OH is 1. The largest absolute Gasteiger partial charge is 0.453 e. The second-order valence-electron chi connectivity index (χ2n) is 14.4. The molecule has 0 aromatic heterocycles. The van der Waals surface area contributed by atoms with Crippen molar-refractivity contribution in [2.24, 2.45) is 40.4 Å². The predicted octanol–water partition coefficient (Wildman–Crippen LogP) is 7.92. The minimum Gasteiger partial charge on any atom is -0.393 e. The summed E-state index contributed by atoms with van der Waals surface area (Å²) in [6.45, 7) is 4.72. The molecule has 4 aliphatic carbocycles. The molecule has 1 N–H and O–H groups in total. The summed E-state index contributed by atoms with van der Waals surface area (Å²) in [5, 5.41) is 10.9. The van der Waals surface area contributed by atoms with Crippen molar-refractivity contribution < 1.29 is 40.3 Å². The Kier molecular flexibility index (Phi) is 9.95. The van der Waals surface area contributed by atoms with Gasteiger partial charge in [0.25, 0.3) is 0 Å². The molecule has 4 fully saturated rings. The molecule has 0 spiro atoms. The van der Waals surface area contributed by atoms with Crippen LogP contribution in [0, 0.1) is 40.4 Å². The number of carbonyl (C=O) groups is 1. The maximum absolute atomic E-state index is 13.0. The topological polar surface area (TPSA) is 71.4 Å². The summed E-state index contributed by atoms with van der Waals surface area (Å²) >= 11 is 0. The van der Waals surface area contributed by atoms with Gasteiger partial charge in [0.15, 0.2) is 0 Å². The molecule has 0 aliphatic heterocycles. The SMILES string of the molecule is C[C@]12CCC(=O)CC1CC(CCCCCCCS(=O)(=O)CCCC(F)(F)C(F)(F)F)[C@@H]1[C@H]2CC[C@]2(C)C(O)CC[C@@H]12. The fourth-order valence-electron chi connectivity index (χ4n) is 9.51. The van der Waals surface area contributed by atoms with Crippen LogP contribution >= 0.6 is 0 Å². The van der Waals surface area contributed by atoms with Crippen LogP contribution in [0.3, 0.4) is 0 Å². The van der Waals surface area contributed by atoms with Gasteiger partial charge >= 0.3 is 12.1 Å². The number of halogens is 5. The second-order valence-corrected chi connectivity index (χ2v) is 16.7. The molecule has 4 rings (SSSR count). The van der Waals surface area contributed by atoms with Crippen LogP contribution in [-0.4, -0.2) is 49.0 Å². The molecule has 10 heteroatoms. The lowest BCUT2D eigenvalue weighted by atomic mass is 9.42. The Morgan fingerprint density at radius 2 is 1.49 bits per heavy atom. The molecule has 238 valence electrons. The first-order chi connectivity index (χ1) is 19.0. The summed E-state index contributed by atoms with van der Waals surface area (Å²) in [5.41, 5.74) is 0.194. The monoisotopic (exact) mass is 612 g/mol. The normalized spacial score (nSPS) is 37.9. The van der Waals surface area contributed by atoms with Crippen LogP contribution in [0.1, 0.15) is 117 Å². The lowest BCUT2D eigenvalue weighted by molar-refractivity contribution is -0.284. The first-order valence-electron chi connectivity index (χ1n) is 15.8.